The number of benzene rings is 2. The van der Waals surface area contributed by atoms with Crippen LogP contribution in [0, 0.1) is 0 Å². The first-order valence-corrected chi connectivity index (χ1v) is 10.1. The lowest BCUT2D eigenvalue weighted by Gasteiger charge is -2.05. The molecule has 1 amide bonds. The van der Waals surface area contributed by atoms with Gasteiger partial charge >= 0.3 is 0 Å². The van der Waals surface area contributed by atoms with Gasteiger partial charge in [-0.15, -0.1) is 0 Å². The van der Waals surface area contributed by atoms with Crippen LogP contribution in [-0.2, 0) is 23.1 Å². The van der Waals surface area contributed by atoms with Crippen LogP contribution in [-0.4, -0.2) is 20.2 Å². The molecule has 1 aromatic heterocycles. The molecule has 1 aliphatic rings. The van der Waals surface area contributed by atoms with Gasteiger partial charge in [0.15, 0.2) is 0 Å². The minimum Gasteiger partial charge on any atom is -0.472 e. The third-order valence-electron chi connectivity index (χ3n) is 4.33. The fourth-order valence-electron chi connectivity index (χ4n) is 2.86. The molecule has 2 N–H and O–H groups in total. The van der Waals surface area contributed by atoms with Crippen LogP contribution < -0.4 is 10.0 Å². The molecule has 2 heterocycles. The molecular formula is C20H17N3O4S. The van der Waals surface area contributed by atoms with E-state index in [0.717, 1.165) is 11.1 Å². The molecule has 0 atom stereocenters. The van der Waals surface area contributed by atoms with Gasteiger partial charge in [0.05, 0.1) is 24.0 Å². The molecular weight excluding hydrogens is 378 g/mol. The predicted molar refractivity (Wildman–Crippen MR) is 103 cm³/mol. The van der Waals surface area contributed by atoms with Crippen molar-refractivity contribution in [2.75, 3.05) is 0 Å². The largest absolute Gasteiger partial charge is 0.472 e. The summed E-state index contributed by atoms with van der Waals surface area (Å²) in [5, 5.41) is 2.81. The molecule has 28 heavy (non-hydrogen) atoms. The first kappa shape index (κ1) is 18.0. The van der Waals surface area contributed by atoms with Crippen molar-refractivity contribution < 1.29 is 17.6 Å². The van der Waals surface area contributed by atoms with Gasteiger partial charge in [0.2, 0.25) is 0 Å². The lowest BCUT2D eigenvalue weighted by molar-refractivity contribution is 0.0951. The van der Waals surface area contributed by atoms with Gasteiger partial charge in [-0.2, -0.15) is 0 Å². The molecule has 7 nitrogen and oxygen atoms in total. The number of nitrogens with zero attached hydrogens (tertiary/aromatic N) is 1. The zero-order valence-corrected chi connectivity index (χ0v) is 15.6. The van der Waals surface area contributed by atoms with Gasteiger partial charge in [0.25, 0.3) is 15.9 Å². The van der Waals surface area contributed by atoms with Gasteiger partial charge < -0.3 is 9.73 Å². The van der Waals surface area contributed by atoms with Crippen LogP contribution in [0.3, 0.4) is 0 Å². The second-order valence-corrected chi connectivity index (χ2v) is 7.93. The first-order valence-electron chi connectivity index (χ1n) is 8.58. The molecule has 0 bridgehead atoms. The number of hydrogen-bond donors (Lipinski definition) is 2. The Kier molecular flexibility index (Phi) is 4.70. The summed E-state index contributed by atoms with van der Waals surface area (Å²) in [4.78, 5) is 16.8. The van der Waals surface area contributed by atoms with Gasteiger partial charge in [-0.25, -0.2) is 8.42 Å². The molecule has 8 heteroatoms. The second kappa shape index (κ2) is 7.32. The number of furan rings is 1. The van der Waals surface area contributed by atoms with E-state index in [1.54, 1.807) is 67.1 Å². The molecule has 2 aromatic carbocycles. The smallest absolute Gasteiger partial charge is 0.263 e. The van der Waals surface area contributed by atoms with Crippen LogP contribution in [0.2, 0.25) is 0 Å². The van der Waals surface area contributed by atoms with Crippen molar-refractivity contribution in [2.24, 2.45) is 4.99 Å². The van der Waals surface area contributed by atoms with Gasteiger partial charge in [0.1, 0.15) is 5.84 Å². The minimum atomic E-state index is -3.54. The van der Waals surface area contributed by atoms with E-state index in [2.05, 4.69) is 15.0 Å². The highest BCUT2D eigenvalue weighted by molar-refractivity contribution is 7.90. The Morgan fingerprint density at radius 1 is 1.04 bits per heavy atom. The number of amidine groups is 1. The maximum Gasteiger partial charge on any atom is 0.263 e. The van der Waals surface area contributed by atoms with Crippen molar-refractivity contribution in [2.45, 2.75) is 18.0 Å². The molecule has 1 aliphatic heterocycles. The van der Waals surface area contributed by atoms with E-state index < -0.39 is 10.0 Å². The third kappa shape index (κ3) is 3.67. The molecule has 3 aromatic rings. The molecule has 0 saturated carbocycles. The Balaban J connectivity index is 1.43. The number of amides is 1. The number of aliphatic imine (C=N–C) groups is 1. The molecule has 0 fully saturated rings. The topological polar surface area (TPSA) is 101 Å². The zero-order valence-electron chi connectivity index (χ0n) is 14.8. The van der Waals surface area contributed by atoms with Crippen LogP contribution >= 0.6 is 0 Å². The Bertz CT molecular complexity index is 1130. The summed E-state index contributed by atoms with van der Waals surface area (Å²) < 4.78 is 31.6. The van der Waals surface area contributed by atoms with E-state index >= 15 is 0 Å². The quantitative estimate of drug-likeness (QED) is 0.693. The van der Waals surface area contributed by atoms with Crippen LogP contribution in [0.5, 0.6) is 0 Å². The van der Waals surface area contributed by atoms with Crippen LogP contribution in [0.15, 0.2) is 81.4 Å². The summed E-state index contributed by atoms with van der Waals surface area (Å²) in [6.45, 7) is 0.688. The molecule has 0 radical (unpaired) electrons. The Morgan fingerprint density at radius 2 is 1.82 bits per heavy atom. The molecule has 4 rings (SSSR count). The standard InChI is InChI=1S/C20H17N3O4S/c24-20(22-12-15-9-10-27-13-15)16-7-5-14(6-8-16)11-21-19-17-3-1-2-4-18(17)28(25,26)23-19/h1-10,13H,11-12H2,(H,21,23)(H,22,24). The first-order chi connectivity index (χ1) is 13.5. The number of carbonyl (C=O) groups is 1. The van der Waals surface area contributed by atoms with Crippen molar-refractivity contribution in [1.29, 1.82) is 0 Å². The molecule has 0 spiro atoms. The third-order valence-corrected chi connectivity index (χ3v) is 5.73. The van der Waals surface area contributed by atoms with Gasteiger partial charge in [-0.05, 0) is 35.9 Å². The maximum absolute atomic E-state index is 12.2. The molecule has 0 aliphatic carbocycles. The van der Waals surface area contributed by atoms with E-state index in [4.69, 9.17) is 4.42 Å². The summed E-state index contributed by atoms with van der Waals surface area (Å²) in [7, 11) is -3.54. The van der Waals surface area contributed by atoms with Crippen molar-refractivity contribution in [1.82, 2.24) is 10.0 Å². The van der Waals surface area contributed by atoms with Crippen molar-refractivity contribution >= 4 is 21.8 Å². The predicted octanol–water partition coefficient (Wildman–Crippen LogP) is 2.45. The monoisotopic (exact) mass is 395 g/mol. The summed E-state index contributed by atoms with van der Waals surface area (Å²) in [5.74, 6) is 0.147. The number of rotatable bonds is 5. The molecule has 142 valence electrons. The van der Waals surface area contributed by atoms with E-state index in [-0.39, 0.29) is 10.8 Å². The van der Waals surface area contributed by atoms with E-state index in [1.165, 1.54) is 0 Å². The number of sulfonamides is 1. The zero-order chi connectivity index (χ0) is 19.6. The highest BCUT2D eigenvalue weighted by atomic mass is 32.2. The van der Waals surface area contributed by atoms with E-state index in [1.807, 2.05) is 0 Å². The number of carbonyl (C=O) groups excluding carboxylic acids is 1. The highest BCUT2D eigenvalue weighted by Gasteiger charge is 2.29. The van der Waals surface area contributed by atoms with Gasteiger partial charge in [-0.1, -0.05) is 24.3 Å². The maximum atomic E-state index is 12.2. The number of fused-ring (bicyclic) bond motifs is 1. The van der Waals surface area contributed by atoms with Crippen LogP contribution in [0.4, 0.5) is 0 Å². The van der Waals surface area contributed by atoms with Crippen molar-refractivity contribution in [3.05, 3.63) is 89.4 Å². The average Bonchev–Trinajstić information content (AvgIpc) is 3.31. The fourth-order valence-corrected chi connectivity index (χ4v) is 4.11. The van der Waals surface area contributed by atoms with Gasteiger partial charge in [-0.3, -0.25) is 14.5 Å². The summed E-state index contributed by atoms with van der Waals surface area (Å²) in [5.41, 5.74) is 2.85. The Hall–Kier alpha value is -3.39. The summed E-state index contributed by atoms with van der Waals surface area (Å²) in [6.07, 6.45) is 3.14. The fraction of sp³-hybridized carbons (Fsp3) is 0.100. The van der Waals surface area contributed by atoms with Crippen LogP contribution in [0.1, 0.15) is 27.0 Å². The van der Waals surface area contributed by atoms with E-state index in [9.17, 15) is 13.2 Å². The number of hydrogen-bond acceptors (Lipinski definition) is 5. The summed E-state index contributed by atoms with van der Waals surface area (Å²) in [6, 6.07) is 15.5. The van der Waals surface area contributed by atoms with Gasteiger partial charge in [0, 0.05) is 23.2 Å². The van der Waals surface area contributed by atoms with Crippen molar-refractivity contribution in [3.63, 3.8) is 0 Å². The summed E-state index contributed by atoms with van der Waals surface area (Å²) >= 11 is 0. The lowest BCUT2D eigenvalue weighted by Crippen LogP contribution is -2.22. The molecule has 0 unspecified atom stereocenters. The lowest BCUT2D eigenvalue weighted by atomic mass is 10.1. The second-order valence-electron chi connectivity index (χ2n) is 6.28. The van der Waals surface area contributed by atoms with Crippen molar-refractivity contribution in [3.8, 4) is 0 Å². The van der Waals surface area contributed by atoms with E-state index in [0.29, 0.717) is 30.1 Å². The van der Waals surface area contributed by atoms with Crippen LogP contribution in [0.25, 0.3) is 0 Å². The average molecular weight is 395 g/mol. The highest BCUT2D eigenvalue weighted by Crippen LogP contribution is 2.22. The Labute approximate surface area is 162 Å². The normalized spacial score (nSPS) is 15.8. The SMILES string of the molecule is O=C(NCc1ccoc1)c1ccc(CN=C2NS(=O)(=O)c3ccccc32)cc1. The Morgan fingerprint density at radius 3 is 2.57 bits per heavy atom. The number of nitrogens with one attached hydrogen (secondary N) is 2. The molecule has 0 saturated heterocycles. The minimum absolute atomic E-state index is 0.184.